The number of benzene rings is 1. The predicted molar refractivity (Wildman–Crippen MR) is 102 cm³/mol. The standard InChI is InChI=1S/C19H21ClN4O3/c20-15-4-1-13(2-5-15)18-16(12-23-7-9-26-10-8-23)24-11-14(19(25)27-21)3-6-17(24)22-18/h1-6,11,17,22H,7-10,12,21H2. The molecule has 27 heavy (non-hydrogen) atoms. The first-order valence-corrected chi connectivity index (χ1v) is 9.18. The first kappa shape index (κ1) is 18.1. The number of fused-ring (bicyclic) bond motifs is 1. The van der Waals surface area contributed by atoms with Crippen LogP contribution in [0, 0.1) is 0 Å². The number of nitrogens with zero attached hydrogens (tertiary/aromatic N) is 2. The van der Waals surface area contributed by atoms with Gasteiger partial charge in [0.2, 0.25) is 0 Å². The van der Waals surface area contributed by atoms with E-state index in [1.54, 1.807) is 12.3 Å². The van der Waals surface area contributed by atoms with E-state index < -0.39 is 5.97 Å². The van der Waals surface area contributed by atoms with Gasteiger partial charge in [0.1, 0.15) is 6.17 Å². The van der Waals surface area contributed by atoms with Crippen LogP contribution in [0.2, 0.25) is 5.02 Å². The monoisotopic (exact) mass is 388 g/mol. The first-order valence-electron chi connectivity index (χ1n) is 8.81. The Hall–Kier alpha value is -2.32. The molecule has 3 heterocycles. The molecule has 1 saturated heterocycles. The summed E-state index contributed by atoms with van der Waals surface area (Å²) in [5.74, 6) is 4.49. The van der Waals surface area contributed by atoms with E-state index in [9.17, 15) is 4.79 Å². The highest BCUT2D eigenvalue weighted by atomic mass is 35.5. The van der Waals surface area contributed by atoms with Gasteiger partial charge in [-0.15, -0.1) is 0 Å². The van der Waals surface area contributed by atoms with Crippen LogP contribution in [0.3, 0.4) is 0 Å². The number of nitrogens with one attached hydrogen (secondary N) is 1. The van der Waals surface area contributed by atoms with E-state index in [-0.39, 0.29) is 6.17 Å². The van der Waals surface area contributed by atoms with E-state index in [4.69, 9.17) is 22.2 Å². The molecule has 142 valence electrons. The number of halogens is 1. The zero-order chi connectivity index (χ0) is 18.8. The molecule has 0 bridgehead atoms. The summed E-state index contributed by atoms with van der Waals surface area (Å²) in [6.07, 6.45) is 5.36. The summed E-state index contributed by atoms with van der Waals surface area (Å²) >= 11 is 6.05. The average molecular weight is 389 g/mol. The third-order valence-corrected chi connectivity index (χ3v) is 5.13. The summed E-state index contributed by atoms with van der Waals surface area (Å²) in [7, 11) is 0. The molecule has 1 unspecified atom stereocenters. The zero-order valence-electron chi connectivity index (χ0n) is 14.7. The maximum atomic E-state index is 11.9. The van der Waals surface area contributed by atoms with E-state index in [1.165, 1.54) is 0 Å². The number of hydrogen-bond acceptors (Lipinski definition) is 7. The quantitative estimate of drug-likeness (QED) is 0.755. The molecule has 1 fully saturated rings. The number of rotatable bonds is 4. The third-order valence-electron chi connectivity index (χ3n) is 4.88. The van der Waals surface area contributed by atoms with Gasteiger partial charge in [-0.05, 0) is 29.8 Å². The van der Waals surface area contributed by atoms with Gasteiger partial charge in [0.15, 0.2) is 0 Å². The Bertz CT molecular complexity index is 813. The van der Waals surface area contributed by atoms with E-state index in [2.05, 4.69) is 20.0 Å². The Kier molecular flexibility index (Phi) is 5.18. The number of morpholine rings is 1. The van der Waals surface area contributed by atoms with Gasteiger partial charge in [-0.3, -0.25) is 4.90 Å². The normalized spacial score (nSPS) is 22.4. The van der Waals surface area contributed by atoms with Crippen molar-refractivity contribution in [3.8, 4) is 0 Å². The first-order chi connectivity index (χ1) is 13.2. The maximum Gasteiger partial charge on any atom is 0.358 e. The van der Waals surface area contributed by atoms with Gasteiger partial charge < -0.3 is 19.8 Å². The summed E-state index contributed by atoms with van der Waals surface area (Å²) in [5.41, 5.74) is 3.55. The van der Waals surface area contributed by atoms with Gasteiger partial charge in [-0.25, -0.2) is 4.79 Å². The van der Waals surface area contributed by atoms with Gasteiger partial charge in [-0.2, -0.15) is 5.90 Å². The second-order valence-corrected chi connectivity index (χ2v) is 7.00. The summed E-state index contributed by atoms with van der Waals surface area (Å²) < 4.78 is 5.46. The van der Waals surface area contributed by atoms with Crippen molar-refractivity contribution in [2.45, 2.75) is 6.17 Å². The molecule has 7 nitrogen and oxygen atoms in total. The number of hydrogen-bond donors (Lipinski definition) is 2. The molecule has 4 rings (SSSR count). The van der Waals surface area contributed by atoms with Gasteiger partial charge in [0.05, 0.1) is 30.2 Å². The van der Waals surface area contributed by atoms with Crippen molar-refractivity contribution in [2.75, 3.05) is 32.8 Å². The number of carbonyl (C=O) groups is 1. The largest absolute Gasteiger partial charge is 0.379 e. The van der Waals surface area contributed by atoms with Gasteiger partial charge in [0.25, 0.3) is 0 Å². The summed E-state index contributed by atoms with van der Waals surface area (Å²) in [6, 6.07) is 7.73. The Morgan fingerprint density at radius 2 is 2.04 bits per heavy atom. The molecule has 0 aliphatic carbocycles. The molecule has 8 heteroatoms. The molecule has 3 aliphatic rings. The molecule has 0 aromatic heterocycles. The number of carbonyl (C=O) groups excluding carboxylic acids is 1. The third kappa shape index (κ3) is 3.72. The average Bonchev–Trinajstić information content (AvgIpc) is 3.06. The van der Waals surface area contributed by atoms with Crippen LogP contribution in [0.4, 0.5) is 0 Å². The molecule has 0 spiro atoms. The minimum absolute atomic E-state index is 0.0685. The molecule has 3 N–H and O–H groups in total. The molecule has 1 atom stereocenters. The summed E-state index contributed by atoms with van der Waals surface area (Å²) in [4.78, 5) is 20.7. The van der Waals surface area contributed by atoms with Crippen LogP contribution in [-0.2, 0) is 14.4 Å². The summed E-state index contributed by atoms with van der Waals surface area (Å²) in [5, 5.41) is 4.23. The topological polar surface area (TPSA) is 80.1 Å². The van der Waals surface area contributed by atoms with Crippen LogP contribution in [0.1, 0.15) is 5.56 Å². The summed E-state index contributed by atoms with van der Waals surface area (Å²) in [6.45, 7) is 3.92. The van der Waals surface area contributed by atoms with Gasteiger partial charge in [0, 0.05) is 30.9 Å². The Morgan fingerprint density at radius 3 is 2.74 bits per heavy atom. The van der Waals surface area contributed by atoms with E-state index in [0.29, 0.717) is 10.6 Å². The Morgan fingerprint density at radius 1 is 1.30 bits per heavy atom. The van der Waals surface area contributed by atoms with E-state index in [1.807, 2.05) is 30.3 Å². The molecule has 0 saturated carbocycles. The van der Waals surface area contributed by atoms with Crippen LogP contribution >= 0.6 is 11.6 Å². The molecular formula is C19H21ClN4O3. The zero-order valence-corrected chi connectivity index (χ0v) is 15.5. The lowest BCUT2D eigenvalue weighted by atomic mass is 10.1. The molecular weight excluding hydrogens is 368 g/mol. The van der Waals surface area contributed by atoms with Crippen LogP contribution < -0.4 is 11.2 Å². The fraction of sp³-hybridized carbons (Fsp3) is 0.316. The smallest absolute Gasteiger partial charge is 0.358 e. The maximum absolute atomic E-state index is 11.9. The van der Waals surface area contributed by atoms with Crippen molar-refractivity contribution in [2.24, 2.45) is 5.90 Å². The highest BCUT2D eigenvalue weighted by Gasteiger charge is 2.33. The van der Waals surface area contributed by atoms with Crippen LogP contribution in [0.25, 0.3) is 5.70 Å². The fourth-order valence-corrected chi connectivity index (χ4v) is 3.60. The molecule has 1 aromatic rings. The van der Waals surface area contributed by atoms with Gasteiger partial charge in [-0.1, -0.05) is 23.7 Å². The lowest BCUT2D eigenvalue weighted by Gasteiger charge is -2.31. The van der Waals surface area contributed by atoms with Crippen molar-refractivity contribution in [1.82, 2.24) is 15.1 Å². The van der Waals surface area contributed by atoms with Crippen molar-refractivity contribution < 1.29 is 14.4 Å². The lowest BCUT2D eigenvalue weighted by Crippen LogP contribution is -2.41. The minimum atomic E-state index is -0.560. The highest BCUT2D eigenvalue weighted by Crippen LogP contribution is 2.32. The lowest BCUT2D eigenvalue weighted by molar-refractivity contribution is -0.139. The molecule has 3 aliphatic heterocycles. The molecule has 0 amide bonds. The van der Waals surface area contributed by atoms with Crippen LogP contribution in [0.15, 0.2) is 53.9 Å². The minimum Gasteiger partial charge on any atom is -0.379 e. The predicted octanol–water partition coefficient (Wildman–Crippen LogP) is 1.44. The SMILES string of the molecule is NOC(=O)C1=CN2C(CN3CCOCC3)=C(c3ccc(Cl)cc3)NC2C=C1. The molecule has 1 aromatic carbocycles. The number of nitrogens with two attached hydrogens (primary N) is 1. The van der Waals surface area contributed by atoms with Crippen molar-refractivity contribution in [3.63, 3.8) is 0 Å². The van der Waals surface area contributed by atoms with Crippen molar-refractivity contribution >= 4 is 23.3 Å². The van der Waals surface area contributed by atoms with Crippen molar-refractivity contribution in [3.05, 3.63) is 64.5 Å². The highest BCUT2D eigenvalue weighted by molar-refractivity contribution is 6.30. The van der Waals surface area contributed by atoms with E-state index in [0.717, 1.165) is 49.8 Å². The second kappa shape index (κ2) is 7.74. The van der Waals surface area contributed by atoms with Crippen LogP contribution in [-0.4, -0.2) is 54.8 Å². The van der Waals surface area contributed by atoms with Crippen molar-refractivity contribution in [1.29, 1.82) is 0 Å². The number of ether oxygens (including phenoxy) is 1. The van der Waals surface area contributed by atoms with Gasteiger partial charge >= 0.3 is 5.97 Å². The second-order valence-electron chi connectivity index (χ2n) is 6.56. The molecule has 0 radical (unpaired) electrons. The van der Waals surface area contributed by atoms with Crippen LogP contribution in [0.5, 0.6) is 0 Å². The van der Waals surface area contributed by atoms with E-state index >= 15 is 0 Å². The Balaban J connectivity index is 1.70. The fourth-order valence-electron chi connectivity index (χ4n) is 3.47. The Labute approximate surface area is 162 Å².